The third-order valence-corrected chi connectivity index (χ3v) is 5.31. The number of carbonyl (C=O) groups is 1. The molecule has 2 aromatic carbocycles. The van der Waals surface area contributed by atoms with Crippen molar-refractivity contribution >= 4 is 16.9 Å². The molecular weight excluding hydrogens is 322 g/mol. The zero-order chi connectivity index (χ0) is 18.9. The largest absolute Gasteiger partial charge is 0.347 e. The van der Waals surface area contributed by atoms with Crippen molar-refractivity contribution in [1.29, 1.82) is 0 Å². The molecule has 0 fully saturated rings. The molecule has 4 heteroatoms. The van der Waals surface area contributed by atoms with Crippen LogP contribution in [0.5, 0.6) is 0 Å². The highest BCUT2D eigenvalue weighted by atomic mass is 16.1. The van der Waals surface area contributed by atoms with E-state index in [-0.39, 0.29) is 16.9 Å². The van der Waals surface area contributed by atoms with Gasteiger partial charge in [-0.3, -0.25) is 4.79 Å². The minimum absolute atomic E-state index is 0.0397. The van der Waals surface area contributed by atoms with Crippen LogP contribution in [-0.4, -0.2) is 21.4 Å². The number of benzene rings is 2. The number of rotatable bonds is 4. The van der Waals surface area contributed by atoms with Gasteiger partial charge in [-0.25, -0.2) is 4.98 Å². The first-order valence-corrected chi connectivity index (χ1v) is 9.01. The number of aromatic nitrogens is 2. The van der Waals surface area contributed by atoms with Gasteiger partial charge in [0.1, 0.15) is 5.82 Å². The van der Waals surface area contributed by atoms with Crippen molar-refractivity contribution in [2.75, 3.05) is 0 Å². The van der Waals surface area contributed by atoms with Crippen LogP contribution in [0.1, 0.15) is 56.4 Å². The van der Waals surface area contributed by atoms with Crippen molar-refractivity contribution < 1.29 is 4.79 Å². The summed E-state index contributed by atoms with van der Waals surface area (Å²) in [5.41, 5.74) is 3.24. The van der Waals surface area contributed by atoms with Gasteiger partial charge in [0.2, 0.25) is 0 Å². The summed E-state index contributed by atoms with van der Waals surface area (Å²) in [7, 11) is 0. The number of nitrogens with zero attached hydrogens (tertiary/aromatic N) is 1. The molecule has 0 aliphatic rings. The molecule has 136 valence electrons. The SMILES string of the molecule is CC(C)(C)C(C)(C)NC(=O)c1ccc2[nH]c(Cc3ccccc3)nc2c1. The van der Waals surface area contributed by atoms with E-state index < -0.39 is 0 Å². The Hall–Kier alpha value is -2.62. The topological polar surface area (TPSA) is 57.8 Å². The lowest BCUT2D eigenvalue weighted by molar-refractivity contribution is 0.0829. The van der Waals surface area contributed by atoms with E-state index >= 15 is 0 Å². The average molecular weight is 349 g/mol. The smallest absolute Gasteiger partial charge is 0.251 e. The van der Waals surface area contributed by atoms with Crippen LogP contribution in [0.15, 0.2) is 48.5 Å². The van der Waals surface area contributed by atoms with Crippen LogP contribution in [0.4, 0.5) is 0 Å². The van der Waals surface area contributed by atoms with Gasteiger partial charge in [0.15, 0.2) is 0 Å². The van der Waals surface area contributed by atoms with Crippen LogP contribution in [0.25, 0.3) is 11.0 Å². The van der Waals surface area contributed by atoms with Crippen molar-refractivity contribution in [3.8, 4) is 0 Å². The maximum absolute atomic E-state index is 12.7. The molecule has 1 amide bonds. The second kappa shape index (κ2) is 6.60. The fourth-order valence-electron chi connectivity index (χ4n) is 2.62. The van der Waals surface area contributed by atoms with Gasteiger partial charge >= 0.3 is 0 Å². The Morgan fingerprint density at radius 1 is 1.04 bits per heavy atom. The quantitative estimate of drug-likeness (QED) is 0.717. The number of carbonyl (C=O) groups excluding carboxylic acids is 1. The van der Waals surface area contributed by atoms with Gasteiger partial charge in [0.05, 0.1) is 11.0 Å². The molecule has 2 N–H and O–H groups in total. The van der Waals surface area contributed by atoms with Crippen LogP contribution >= 0.6 is 0 Å². The normalized spacial score (nSPS) is 12.3. The number of hydrogen-bond donors (Lipinski definition) is 2. The maximum atomic E-state index is 12.7. The highest BCUT2D eigenvalue weighted by molar-refractivity contribution is 5.97. The van der Waals surface area contributed by atoms with Crippen LogP contribution < -0.4 is 5.32 Å². The van der Waals surface area contributed by atoms with Crippen molar-refractivity contribution in [2.24, 2.45) is 5.41 Å². The van der Waals surface area contributed by atoms with Crippen LogP contribution in [0.3, 0.4) is 0 Å². The molecule has 0 saturated heterocycles. The first-order chi connectivity index (χ1) is 12.2. The average Bonchev–Trinajstić information content (AvgIpc) is 2.95. The van der Waals surface area contributed by atoms with E-state index in [1.165, 1.54) is 5.56 Å². The Balaban J connectivity index is 1.82. The van der Waals surface area contributed by atoms with Crippen molar-refractivity contribution in [3.63, 3.8) is 0 Å². The molecule has 0 saturated carbocycles. The molecule has 26 heavy (non-hydrogen) atoms. The lowest BCUT2D eigenvalue weighted by Crippen LogP contribution is -2.52. The number of imidazole rings is 1. The second-order valence-corrected chi connectivity index (χ2v) is 8.41. The fraction of sp³-hybridized carbons (Fsp3) is 0.364. The fourth-order valence-corrected chi connectivity index (χ4v) is 2.62. The first-order valence-electron chi connectivity index (χ1n) is 9.01. The van der Waals surface area contributed by atoms with Gasteiger partial charge in [-0.05, 0) is 43.0 Å². The number of H-pyrrole nitrogens is 1. The van der Waals surface area contributed by atoms with E-state index in [4.69, 9.17) is 0 Å². The molecule has 0 bridgehead atoms. The van der Waals surface area contributed by atoms with Gasteiger partial charge in [0.25, 0.3) is 5.91 Å². The molecule has 3 aromatic rings. The van der Waals surface area contributed by atoms with Crippen LogP contribution in [-0.2, 0) is 6.42 Å². The van der Waals surface area contributed by atoms with Crippen LogP contribution in [0.2, 0.25) is 0 Å². The zero-order valence-corrected chi connectivity index (χ0v) is 16.2. The summed E-state index contributed by atoms with van der Waals surface area (Å²) in [4.78, 5) is 20.7. The number of amides is 1. The summed E-state index contributed by atoms with van der Waals surface area (Å²) in [5, 5.41) is 3.15. The van der Waals surface area contributed by atoms with Crippen molar-refractivity contribution in [2.45, 2.75) is 46.6 Å². The molecule has 0 aliphatic carbocycles. The summed E-state index contributed by atoms with van der Waals surface area (Å²) in [6, 6.07) is 15.9. The van der Waals surface area contributed by atoms with Crippen molar-refractivity contribution in [1.82, 2.24) is 15.3 Å². The van der Waals surface area contributed by atoms with Gasteiger partial charge in [0, 0.05) is 17.5 Å². The lowest BCUT2D eigenvalue weighted by atomic mass is 9.76. The van der Waals surface area contributed by atoms with E-state index in [0.717, 1.165) is 23.3 Å². The molecule has 0 unspecified atom stereocenters. The number of fused-ring (bicyclic) bond motifs is 1. The molecule has 0 atom stereocenters. The monoisotopic (exact) mass is 349 g/mol. The predicted molar refractivity (Wildman–Crippen MR) is 106 cm³/mol. The van der Waals surface area contributed by atoms with E-state index in [9.17, 15) is 4.79 Å². The van der Waals surface area contributed by atoms with Gasteiger partial charge < -0.3 is 10.3 Å². The van der Waals surface area contributed by atoms with E-state index in [0.29, 0.717) is 5.56 Å². The standard InChI is InChI=1S/C22H27N3O/c1-21(2,3)22(4,5)25-20(26)16-11-12-17-18(14-16)24-19(23-17)13-15-9-7-6-8-10-15/h6-12,14H,13H2,1-5H3,(H,23,24)(H,25,26). The molecular formula is C22H27N3O. The molecule has 1 aromatic heterocycles. The first kappa shape index (κ1) is 18.2. The number of nitrogens with one attached hydrogen (secondary N) is 2. The maximum Gasteiger partial charge on any atom is 0.251 e. The predicted octanol–water partition coefficient (Wildman–Crippen LogP) is 4.71. The molecule has 3 rings (SSSR count). The van der Waals surface area contributed by atoms with E-state index in [1.807, 2.05) is 36.4 Å². The molecule has 0 radical (unpaired) electrons. The number of aromatic amines is 1. The zero-order valence-electron chi connectivity index (χ0n) is 16.2. The highest BCUT2D eigenvalue weighted by Gasteiger charge is 2.34. The highest BCUT2D eigenvalue weighted by Crippen LogP contribution is 2.29. The summed E-state index contributed by atoms with van der Waals surface area (Å²) < 4.78 is 0. The molecule has 1 heterocycles. The van der Waals surface area contributed by atoms with Gasteiger partial charge in [-0.15, -0.1) is 0 Å². The Morgan fingerprint density at radius 3 is 2.38 bits per heavy atom. The third-order valence-electron chi connectivity index (χ3n) is 5.31. The summed E-state index contributed by atoms with van der Waals surface area (Å²) in [6.45, 7) is 10.5. The van der Waals surface area contributed by atoms with Crippen molar-refractivity contribution in [3.05, 3.63) is 65.5 Å². The Kier molecular flexibility index (Phi) is 4.61. The van der Waals surface area contributed by atoms with E-state index in [1.54, 1.807) is 0 Å². The minimum atomic E-state index is -0.316. The summed E-state index contributed by atoms with van der Waals surface area (Å²) in [5.74, 6) is 0.832. The summed E-state index contributed by atoms with van der Waals surface area (Å²) >= 11 is 0. The Labute approximate surface area is 155 Å². The van der Waals surface area contributed by atoms with Crippen LogP contribution in [0, 0.1) is 5.41 Å². The summed E-state index contributed by atoms with van der Waals surface area (Å²) in [6.07, 6.45) is 0.744. The third kappa shape index (κ3) is 3.79. The molecule has 0 spiro atoms. The molecule has 0 aliphatic heterocycles. The lowest BCUT2D eigenvalue weighted by Gasteiger charge is -2.39. The minimum Gasteiger partial charge on any atom is -0.347 e. The Bertz CT molecular complexity index is 917. The number of hydrogen-bond acceptors (Lipinski definition) is 2. The van der Waals surface area contributed by atoms with Gasteiger partial charge in [-0.1, -0.05) is 51.1 Å². The second-order valence-electron chi connectivity index (χ2n) is 8.41. The van der Waals surface area contributed by atoms with Gasteiger partial charge in [-0.2, -0.15) is 0 Å². The molecule has 4 nitrogen and oxygen atoms in total. The van der Waals surface area contributed by atoms with E-state index in [2.05, 4.69) is 62.0 Å². The Morgan fingerprint density at radius 2 is 1.73 bits per heavy atom.